The minimum absolute atomic E-state index is 0.555. The molecular weight excluding hydrogens is 194 g/mol. The van der Waals surface area contributed by atoms with E-state index in [0.29, 0.717) is 6.42 Å². The topological polar surface area (TPSA) is 101 Å². The Balaban J connectivity index is 3.08. The van der Waals surface area contributed by atoms with Gasteiger partial charge >= 0.3 is 5.97 Å². The van der Waals surface area contributed by atoms with Crippen molar-refractivity contribution in [3.8, 4) is 0 Å². The van der Waals surface area contributed by atoms with Gasteiger partial charge in [-0.25, -0.2) is 0 Å². The van der Waals surface area contributed by atoms with Gasteiger partial charge in [-0.15, -0.1) is 0 Å². The first-order valence-electron chi connectivity index (χ1n) is 5.57. The number of carboxylic acid groups (broad SMARTS) is 1. The second-order valence-electron chi connectivity index (χ2n) is 3.69. The summed E-state index contributed by atoms with van der Waals surface area (Å²) in [5, 5.41) is 11.8. The first-order valence-corrected chi connectivity index (χ1v) is 5.57. The van der Waals surface area contributed by atoms with Crippen LogP contribution in [-0.2, 0) is 4.79 Å². The number of carbonyl (C=O) groups is 1. The van der Waals surface area contributed by atoms with Crippen LogP contribution in [-0.4, -0.2) is 36.8 Å². The highest BCUT2D eigenvalue weighted by molar-refractivity contribution is 5.72. The lowest BCUT2D eigenvalue weighted by atomic mass is 10.1. The van der Waals surface area contributed by atoms with Gasteiger partial charge in [-0.3, -0.25) is 4.79 Å². The number of hydrogen-bond acceptors (Lipinski definition) is 4. The van der Waals surface area contributed by atoms with Gasteiger partial charge < -0.3 is 21.9 Å². The van der Waals surface area contributed by atoms with Crippen LogP contribution in [0.2, 0.25) is 0 Å². The molecule has 0 saturated carbocycles. The monoisotopic (exact) mass is 217 g/mol. The number of nitrogens with one attached hydrogen (secondary N) is 1. The standard InChI is InChI=1S/C10H23N3O2/c11-6-2-4-8-13-7-3-1-5-9(12)10(14)15/h9,13H,1-8,11-12H2,(H,14,15). The third-order valence-electron chi connectivity index (χ3n) is 2.24. The van der Waals surface area contributed by atoms with E-state index in [2.05, 4.69) is 5.32 Å². The van der Waals surface area contributed by atoms with Crippen LogP contribution in [0.3, 0.4) is 0 Å². The van der Waals surface area contributed by atoms with Crippen LogP contribution in [0.5, 0.6) is 0 Å². The number of carboxylic acids is 1. The zero-order valence-corrected chi connectivity index (χ0v) is 9.24. The molecule has 0 aliphatic rings. The minimum Gasteiger partial charge on any atom is -0.480 e. The highest BCUT2D eigenvalue weighted by Crippen LogP contribution is 1.98. The van der Waals surface area contributed by atoms with Crippen LogP contribution >= 0.6 is 0 Å². The Labute approximate surface area is 91.2 Å². The number of rotatable bonds is 10. The Morgan fingerprint density at radius 1 is 1.20 bits per heavy atom. The van der Waals surface area contributed by atoms with Crippen molar-refractivity contribution in [3.05, 3.63) is 0 Å². The molecule has 0 aromatic rings. The van der Waals surface area contributed by atoms with Gasteiger partial charge in [0.05, 0.1) is 0 Å². The van der Waals surface area contributed by atoms with E-state index < -0.39 is 12.0 Å². The maximum atomic E-state index is 10.4. The second kappa shape index (κ2) is 9.89. The van der Waals surface area contributed by atoms with Crippen LogP contribution in [0, 0.1) is 0 Å². The van der Waals surface area contributed by atoms with E-state index in [4.69, 9.17) is 16.6 Å². The number of unbranched alkanes of at least 4 members (excludes halogenated alkanes) is 2. The average Bonchev–Trinajstić information content (AvgIpc) is 2.21. The zero-order chi connectivity index (χ0) is 11.5. The van der Waals surface area contributed by atoms with Crippen molar-refractivity contribution in [1.29, 1.82) is 0 Å². The molecule has 0 saturated heterocycles. The third-order valence-corrected chi connectivity index (χ3v) is 2.24. The van der Waals surface area contributed by atoms with Crippen molar-refractivity contribution in [2.24, 2.45) is 11.5 Å². The largest absolute Gasteiger partial charge is 0.480 e. The molecule has 0 spiro atoms. The molecule has 5 heteroatoms. The van der Waals surface area contributed by atoms with Gasteiger partial charge in [0.2, 0.25) is 0 Å². The maximum Gasteiger partial charge on any atom is 0.320 e. The summed E-state index contributed by atoms with van der Waals surface area (Å²) in [6.07, 6.45) is 4.54. The summed E-state index contributed by atoms with van der Waals surface area (Å²) in [6.45, 7) is 2.66. The Hall–Kier alpha value is -0.650. The van der Waals surface area contributed by atoms with Crippen LogP contribution in [0.1, 0.15) is 32.1 Å². The molecule has 6 N–H and O–H groups in total. The van der Waals surface area contributed by atoms with Gasteiger partial charge in [0.15, 0.2) is 0 Å². The summed E-state index contributed by atoms with van der Waals surface area (Å²) in [7, 11) is 0. The smallest absolute Gasteiger partial charge is 0.320 e. The molecule has 0 aromatic carbocycles. The van der Waals surface area contributed by atoms with Crippen LogP contribution < -0.4 is 16.8 Å². The first kappa shape index (κ1) is 14.3. The quantitative estimate of drug-likeness (QED) is 0.383. The minimum atomic E-state index is -0.911. The summed E-state index contributed by atoms with van der Waals surface area (Å²) in [5.74, 6) is -0.911. The average molecular weight is 217 g/mol. The van der Waals surface area contributed by atoms with E-state index >= 15 is 0 Å². The lowest BCUT2D eigenvalue weighted by Crippen LogP contribution is -2.30. The molecule has 15 heavy (non-hydrogen) atoms. The van der Waals surface area contributed by atoms with E-state index in [-0.39, 0.29) is 0 Å². The Kier molecular flexibility index (Phi) is 9.46. The number of nitrogens with two attached hydrogens (primary N) is 2. The molecule has 0 aromatic heterocycles. The summed E-state index contributed by atoms with van der Waals surface area (Å²) in [4.78, 5) is 10.4. The van der Waals surface area contributed by atoms with E-state index in [1.165, 1.54) is 0 Å². The van der Waals surface area contributed by atoms with Gasteiger partial charge in [0.1, 0.15) is 6.04 Å². The SMILES string of the molecule is NCCCCNCCCCC(N)C(=O)O. The van der Waals surface area contributed by atoms with Crippen molar-refractivity contribution in [1.82, 2.24) is 5.32 Å². The number of aliphatic carboxylic acids is 1. The molecule has 0 fully saturated rings. The highest BCUT2D eigenvalue weighted by atomic mass is 16.4. The Bertz CT molecular complexity index is 165. The summed E-state index contributed by atoms with van der Waals surface area (Å²) < 4.78 is 0. The second-order valence-corrected chi connectivity index (χ2v) is 3.69. The van der Waals surface area contributed by atoms with Crippen molar-refractivity contribution >= 4 is 5.97 Å². The summed E-state index contributed by atoms with van der Waals surface area (Å²) >= 11 is 0. The summed E-state index contributed by atoms with van der Waals surface area (Å²) in [5.41, 5.74) is 10.7. The van der Waals surface area contributed by atoms with Crippen LogP contribution in [0.15, 0.2) is 0 Å². The molecular formula is C10H23N3O2. The zero-order valence-electron chi connectivity index (χ0n) is 9.24. The van der Waals surface area contributed by atoms with Crippen molar-refractivity contribution in [2.75, 3.05) is 19.6 Å². The van der Waals surface area contributed by atoms with Crippen molar-refractivity contribution in [3.63, 3.8) is 0 Å². The molecule has 0 aliphatic heterocycles. The normalized spacial score (nSPS) is 12.7. The Morgan fingerprint density at radius 3 is 2.33 bits per heavy atom. The van der Waals surface area contributed by atoms with Crippen LogP contribution in [0.4, 0.5) is 0 Å². The van der Waals surface area contributed by atoms with E-state index in [0.717, 1.165) is 45.3 Å². The lowest BCUT2D eigenvalue weighted by molar-refractivity contribution is -0.138. The Morgan fingerprint density at radius 2 is 1.80 bits per heavy atom. The van der Waals surface area contributed by atoms with Crippen molar-refractivity contribution < 1.29 is 9.90 Å². The van der Waals surface area contributed by atoms with Gasteiger partial charge in [-0.05, 0) is 45.3 Å². The van der Waals surface area contributed by atoms with Gasteiger partial charge in [0, 0.05) is 0 Å². The molecule has 5 nitrogen and oxygen atoms in total. The van der Waals surface area contributed by atoms with Crippen molar-refractivity contribution in [2.45, 2.75) is 38.1 Å². The number of hydrogen-bond donors (Lipinski definition) is 4. The molecule has 1 atom stereocenters. The predicted molar refractivity (Wildman–Crippen MR) is 60.6 cm³/mol. The van der Waals surface area contributed by atoms with Gasteiger partial charge in [0.25, 0.3) is 0 Å². The molecule has 0 radical (unpaired) electrons. The highest BCUT2D eigenvalue weighted by Gasteiger charge is 2.09. The maximum absolute atomic E-state index is 10.4. The molecule has 0 rings (SSSR count). The fourth-order valence-corrected chi connectivity index (χ4v) is 1.26. The van der Waals surface area contributed by atoms with E-state index in [1.807, 2.05) is 0 Å². The lowest BCUT2D eigenvalue weighted by Gasteiger charge is -2.06. The van der Waals surface area contributed by atoms with Gasteiger partial charge in [-0.1, -0.05) is 6.42 Å². The molecule has 0 heterocycles. The fraction of sp³-hybridized carbons (Fsp3) is 0.900. The van der Waals surface area contributed by atoms with Crippen LogP contribution in [0.25, 0.3) is 0 Å². The molecule has 90 valence electrons. The van der Waals surface area contributed by atoms with E-state index in [9.17, 15) is 4.79 Å². The molecule has 0 amide bonds. The third kappa shape index (κ3) is 9.65. The summed E-state index contributed by atoms with van der Waals surface area (Å²) in [6, 6.07) is -0.706. The predicted octanol–water partition coefficient (Wildman–Crippen LogP) is -0.103. The first-order chi connectivity index (χ1) is 7.18. The van der Waals surface area contributed by atoms with E-state index in [1.54, 1.807) is 0 Å². The molecule has 1 unspecified atom stereocenters. The fourth-order valence-electron chi connectivity index (χ4n) is 1.26. The molecule has 0 aliphatic carbocycles. The van der Waals surface area contributed by atoms with Gasteiger partial charge in [-0.2, -0.15) is 0 Å². The molecule has 0 bridgehead atoms.